The summed E-state index contributed by atoms with van der Waals surface area (Å²) in [7, 11) is 0. The summed E-state index contributed by atoms with van der Waals surface area (Å²) in [6, 6.07) is 4.26. The van der Waals surface area contributed by atoms with Gasteiger partial charge in [0, 0.05) is 30.7 Å². The van der Waals surface area contributed by atoms with E-state index < -0.39 is 30.5 Å². The van der Waals surface area contributed by atoms with Crippen molar-refractivity contribution in [2.75, 3.05) is 16.7 Å². The van der Waals surface area contributed by atoms with Gasteiger partial charge in [-0.25, -0.2) is 9.78 Å². The van der Waals surface area contributed by atoms with Crippen LogP contribution in [0.25, 0.3) is 11.1 Å². The average Bonchev–Trinajstić information content (AvgIpc) is 3.07. The van der Waals surface area contributed by atoms with Gasteiger partial charge in [-0.2, -0.15) is 18.2 Å². The molecule has 11 heteroatoms. The van der Waals surface area contributed by atoms with Crippen molar-refractivity contribution in [3.8, 4) is 11.1 Å². The lowest BCUT2D eigenvalue weighted by molar-refractivity contribution is -0.141. The minimum absolute atomic E-state index is 0.0783. The van der Waals surface area contributed by atoms with Crippen molar-refractivity contribution >= 4 is 17.8 Å². The second-order valence-electron chi connectivity index (χ2n) is 8.62. The number of anilines is 2. The Morgan fingerprint density at radius 1 is 1.20 bits per heavy atom. The molecule has 0 bridgehead atoms. The van der Waals surface area contributed by atoms with Crippen LogP contribution < -0.4 is 15.5 Å². The van der Waals surface area contributed by atoms with Gasteiger partial charge in [0.15, 0.2) is 1.41 Å². The third kappa shape index (κ3) is 5.18. The number of pyridine rings is 2. The first kappa shape index (κ1) is 21.8. The van der Waals surface area contributed by atoms with E-state index in [1.165, 1.54) is 23.4 Å². The molecule has 2 amide bonds. The van der Waals surface area contributed by atoms with Crippen LogP contribution in [0.2, 0.25) is 1.41 Å². The van der Waals surface area contributed by atoms with E-state index in [1.807, 2.05) is 20.8 Å². The summed E-state index contributed by atoms with van der Waals surface area (Å²) < 4.78 is 55.3. The van der Waals surface area contributed by atoms with E-state index >= 15 is 0 Å². The SMILES string of the molecule is [2H]C1C(C(C)C)N(c2ccnc(N[C@@H](C)c3cc(C)c(-c4ccnc(C(F)(F)F)c4)cn3)n2)C(=O)N1[2H]. The molecule has 1 aliphatic heterocycles. The molecule has 3 atom stereocenters. The van der Waals surface area contributed by atoms with E-state index in [4.69, 9.17) is 2.78 Å². The Kier molecular flexibility index (Phi) is 5.89. The molecule has 1 fully saturated rings. The Hall–Kier alpha value is -3.76. The van der Waals surface area contributed by atoms with Crippen molar-refractivity contribution in [1.29, 1.82) is 0 Å². The molecule has 8 nitrogen and oxygen atoms in total. The van der Waals surface area contributed by atoms with Gasteiger partial charge in [-0.3, -0.25) is 14.9 Å². The summed E-state index contributed by atoms with van der Waals surface area (Å²) in [6.07, 6.45) is -0.419. The largest absolute Gasteiger partial charge is 0.433 e. The first-order valence-corrected chi connectivity index (χ1v) is 11.0. The maximum absolute atomic E-state index is 13.1. The second kappa shape index (κ2) is 9.47. The number of carbonyl (C=O) groups excluding carboxylic acids is 1. The first-order chi connectivity index (χ1) is 17.4. The molecule has 4 rings (SSSR count). The Morgan fingerprint density at radius 2 is 1.94 bits per heavy atom. The minimum Gasteiger partial charge on any atom is -0.346 e. The maximum atomic E-state index is 13.1. The van der Waals surface area contributed by atoms with Crippen LogP contribution in [0.1, 0.15) is 45.1 Å². The molecular weight excluding hydrogens is 459 g/mol. The van der Waals surface area contributed by atoms with Crippen LogP contribution in [0.15, 0.2) is 42.9 Å². The fourth-order valence-electron chi connectivity index (χ4n) is 3.81. The van der Waals surface area contributed by atoms with E-state index in [-0.39, 0.29) is 23.7 Å². The van der Waals surface area contributed by atoms with Crippen molar-refractivity contribution < 1.29 is 20.7 Å². The van der Waals surface area contributed by atoms with Gasteiger partial charge in [0.05, 0.1) is 19.1 Å². The monoisotopic (exact) mass is 487 g/mol. The van der Waals surface area contributed by atoms with Crippen molar-refractivity contribution in [2.24, 2.45) is 5.92 Å². The van der Waals surface area contributed by atoms with Gasteiger partial charge >= 0.3 is 12.2 Å². The van der Waals surface area contributed by atoms with E-state index in [1.54, 1.807) is 19.1 Å². The number of nitrogens with one attached hydrogen (secondary N) is 2. The van der Waals surface area contributed by atoms with Crippen molar-refractivity contribution in [3.05, 3.63) is 59.8 Å². The number of nitrogens with zero attached hydrogens (tertiary/aromatic N) is 5. The van der Waals surface area contributed by atoms with Crippen LogP contribution >= 0.6 is 0 Å². The lowest BCUT2D eigenvalue weighted by Crippen LogP contribution is -2.38. The predicted octanol–water partition coefficient (Wildman–Crippen LogP) is 4.99. The number of aryl methyl sites for hydroxylation is 1. The Labute approximate surface area is 203 Å². The predicted molar refractivity (Wildman–Crippen MR) is 126 cm³/mol. The molecule has 3 aromatic heterocycles. The molecule has 1 saturated heterocycles. The summed E-state index contributed by atoms with van der Waals surface area (Å²) in [5, 5.41) is 3.77. The molecule has 2 N–H and O–H groups in total. The number of amides is 2. The van der Waals surface area contributed by atoms with Gasteiger partial charge in [0.2, 0.25) is 5.95 Å². The van der Waals surface area contributed by atoms with Gasteiger partial charge in [-0.1, -0.05) is 13.8 Å². The number of halogens is 3. The van der Waals surface area contributed by atoms with Gasteiger partial charge in [0.25, 0.3) is 0 Å². The van der Waals surface area contributed by atoms with Crippen molar-refractivity contribution in [3.63, 3.8) is 0 Å². The summed E-state index contributed by atoms with van der Waals surface area (Å²) in [5.74, 6) is 0.418. The van der Waals surface area contributed by atoms with Gasteiger partial charge in [-0.05, 0) is 55.2 Å². The van der Waals surface area contributed by atoms with Crippen LogP contribution in [0.5, 0.6) is 0 Å². The molecule has 0 saturated carbocycles. The highest BCUT2D eigenvalue weighted by Gasteiger charge is 2.35. The molecular formula is C24H26F3N7O. The smallest absolute Gasteiger partial charge is 0.346 e. The van der Waals surface area contributed by atoms with E-state index in [9.17, 15) is 18.0 Å². The Morgan fingerprint density at radius 3 is 2.63 bits per heavy atom. The molecule has 0 spiro atoms. The maximum Gasteiger partial charge on any atom is 0.433 e. The number of aromatic nitrogens is 4. The highest BCUT2D eigenvalue weighted by atomic mass is 19.4. The normalized spacial score (nSPS) is 20.2. The highest BCUT2D eigenvalue weighted by molar-refractivity contribution is 5.94. The summed E-state index contributed by atoms with van der Waals surface area (Å²) in [4.78, 5) is 30.5. The lowest BCUT2D eigenvalue weighted by Gasteiger charge is -2.25. The quantitative estimate of drug-likeness (QED) is 0.509. The zero-order chi connectivity index (χ0) is 27.1. The van der Waals surface area contributed by atoms with Crippen LogP contribution in [0.4, 0.5) is 29.7 Å². The molecule has 4 heterocycles. The first-order valence-electron chi connectivity index (χ1n) is 12.0. The summed E-state index contributed by atoms with van der Waals surface area (Å²) >= 11 is 0. The van der Waals surface area contributed by atoms with Crippen LogP contribution in [0.3, 0.4) is 0 Å². The van der Waals surface area contributed by atoms with Gasteiger partial charge in [0.1, 0.15) is 11.5 Å². The lowest BCUT2D eigenvalue weighted by atomic mass is 10.0. The minimum atomic E-state index is -4.54. The van der Waals surface area contributed by atoms with E-state index in [0.717, 1.165) is 17.8 Å². The third-order valence-electron chi connectivity index (χ3n) is 5.70. The fraction of sp³-hybridized carbons (Fsp3) is 0.375. The van der Waals surface area contributed by atoms with Crippen LogP contribution in [0, 0.1) is 12.8 Å². The number of hydrogen-bond donors (Lipinski definition) is 2. The summed E-state index contributed by atoms with van der Waals surface area (Å²) in [5.41, 5.74) is 1.29. The molecule has 2 unspecified atom stereocenters. The fourth-order valence-corrected chi connectivity index (χ4v) is 3.81. The van der Waals surface area contributed by atoms with E-state index in [2.05, 4.69) is 25.3 Å². The molecule has 184 valence electrons. The number of hydrogen-bond acceptors (Lipinski definition) is 6. The summed E-state index contributed by atoms with van der Waals surface area (Å²) in [6.45, 7) is 6.32. The number of rotatable bonds is 6. The second-order valence-corrected chi connectivity index (χ2v) is 8.62. The Balaban J connectivity index is 1.55. The number of carbonyl (C=O) groups is 1. The number of alkyl halides is 3. The molecule has 35 heavy (non-hydrogen) atoms. The van der Waals surface area contributed by atoms with Crippen LogP contribution in [-0.2, 0) is 6.18 Å². The standard InChI is InChI=1S/C24H26F3N7O/c1-13(2)19-12-31-23(35)34(19)21-6-8-29-22(33-21)32-15(4)18-9-14(3)17(11-30-18)16-5-7-28-20(10-16)24(25,26)27/h5-11,13,15,19H,12H2,1-4H3,(H,31,35)(H,29,32,33)/t15-,19?/m0/s1/i12D/hD/t12?,15-,19?. The van der Waals surface area contributed by atoms with E-state index in [0.29, 0.717) is 22.1 Å². The van der Waals surface area contributed by atoms with Crippen molar-refractivity contribution in [1.82, 2.24) is 25.2 Å². The zero-order valence-electron chi connectivity index (χ0n) is 21.6. The van der Waals surface area contributed by atoms with Gasteiger partial charge in [-0.15, -0.1) is 0 Å². The zero-order valence-corrected chi connectivity index (χ0v) is 19.6. The highest BCUT2D eigenvalue weighted by Crippen LogP contribution is 2.32. The topological polar surface area (TPSA) is 95.9 Å². The van der Waals surface area contributed by atoms with Crippen molar-refractivity contribution in [2.45, 2.75) is 46.0 Å². The average molecular weight is 488 g/mol. The van der Waals surface area contributed by atoms with Gasteiger partial charge < -0.3 is 10.6 Å². The molecule has 0 aromatic carbocycles. The van der Waals surface area contributed by atoms with Crippen LogP contribution in [-0.4, -0.2) is 38.5 Å². The Bertz CT molecular complexity index is 1310. The molecule has 3 aromatic rings. The third-order valence-corrected chi connectivity index (χ3v) is 5.70. The molecule has 1 aliphatic rings. The number of urea groups is 1. The molecule has 0 radical (unpaired) electrons. The molecule has 0 aliphatic carbocycles.